The second kappa shape index (κ2) is 7.48. The van der Waals surface area contributed by atoms with E-state index in [0.29, 0.717) is 6.10 Å². The Bertz CT molecular complexity index is 384. The number of benzene rings is 1. The first kappa shape index (κ1) is 14.3. The fourth-order valence-electron chi connectivity index (χ4n) is 2.36. The van der Waals surface area contributed by atoms with E-state index in [4.69, 9.17) is 9.47 Å². The smallest absolute Gasteiger partial charge is 0.123 e. The summed E-state index contributed by atoms with van der Waals surface area (Å²) in [5.41, 5.74) is 1.21. The molecule has 0 aromatic heterocycles. The number of rotatable bonds is 6. The van der Waals surface area contributed by atoms with Gasteiger partial charge in [-0.3, -0.25) is 4.90 Å². The molecular weight excluding hydrogens is 240 g/mol. The van der Waals surface area contributed by atoms with E-state index in [1.54, 1.807) is 0 Å². The van der Waals surface area contributed by atoms with Crippen molar-refractivity contribution >= 4 is 0 Å². The van der Waals surface area contributed by atoms with Crippen LogP contribution in [0.4, 0.5) is 0 Å². The normalized spacial score (nSPS) is 20.4. The van der Waals surface area contributed by atoms with Gasteiger partial charge in [0.15, 0.2) is 0 Å². The first-order valence-corrected chi connectivity index (χ1v) is 6.99. The largest absolute Gasteiger partial charge is 0.492 e. The van der Waals surface area contributed by atoms with Gasteiger partial charge in [0.25, 0.3) is 0 Å². The van der Waals surface area contributed by atoms with E-state index >= 15 is 0 Å². The van der Waals surface area contributed by atoms with Crippen LogP contribution in [0.3, 0.4) is 0 Å². The van der Waals surface area contributed by atoms with Crippen LogP contribution < -0.4 is 10.1 Å². The maximum absolute atomic E-state index is 5.91. The maximum Gasteiger partial charge on any atom is 0.123 e. The van der Waals surface area contributed by atoms with Crippen molar-refractivity contribution in [2.75, 3.05) is 39.9 Å². The molecule has 0 aliphatic carbocycles. The van der Waals surface area contributed by atoms with Gasteiger partial charge in [0.2, 0.25) is 0 Å². The Labute approximate surface area is 115 Å². The molecule has 19 heavy (non-hydrogen) atoms. The van der Waals surface area contributed by atoms with Gasteiger partial charge in [-0.25, -0.2) is 0 Å². The highest BCUT2D eigenvalue weighted by Gasteiger charge is 2.16. The molecule has 1 unspecified atom stereocenters. The molecule has 1 saturated heterocycles. The first-order chi connectivity index (χ1) is 9.29. The highest BCUT2D eigenvalue weighted by Crippen LogP contribution is 2.17. The second-order valence-corrected chi connectivity index (χ2v) is 4.97. The minimum atomic E-state index is 0.338. The van der Waals surface area contributed by atoms with Crippen molar-refractivity contribution in [3.05, 3.63) is 29.8 Å². The number of morpholine rings is 1. The lowest BCUT2D eigenvalue weighted by atomic mass is 10.2. The number of hydrogen-bond acceptors (Lipinski definition) is 4. The lowest BCUT2D eigenvalue weighted by molar-refractivity contribution is -0.0214. The number of nitrogens with one attached hydrogen (secondary N) is 1. The molecule has 1 aliphatic heterocycles. The monoisotopic (exact) mass is 264 g/mol. The zero-order chi connectivity index (χ0) is 13.5. The SMILES string of the molecule is CNCc1ccccc1OCCN1CCOC(C)C1. The molecule has 0 radical (unpaired) electrons. The highest BCUT2D eigenvalue weighted by molar-refractivity contribution is 5.33. The predicted molar refractivity (Wildman–Crippen MR) is 76.6 cm³/mol. The van der Waals surface area contributed by atoms with Gasteiger partial charge in [0.1, 0.15) is 12.4 Å². The molecule has 1 aromatic rings. The second-order valence-electron chi connectivity index (χ2n) is 4.97. The summed E-state index contributed by atoms with van der Waals surface area (Å²) in [7, 11) is 1.95. The van der Waals surface area contributed by atoms with Gasteiger partial charge in [-0.2, -0.15) is 0 Å². The molecule has 1 N–H and O–H groups in total. The third-order valence-corrected chi connectivity index (χ3v) is 3.33. The molecule has 1 fully saturated rings. The van der Waals surface area contributed by atoms with E-state index in [9.17, 15) is 0 Å². The molecule has 1 aliphatic rings. The van der Waals surface area contributed by atoms with Crippen molar-refractivity contribution in [2.24, 2.45) is 0 Å². The van der Waals surface area contributed by atoms with Gasteiger partial charge < -0.3 is 14.8 Å². The van der Waals surface area contributed by atoms with Crippen LogP contribution in [0.2, 0.25) is 0 Å². The quantitative estimate of drug-likeness (QED) is 0.844. The van der Waals surface area contributed by atoms with E-state index in [2.05, 4.69) is 23.2 Å². The van der Waals surface area contributed by atoms with Gasteiger partial charge in [0.05, 0.1) is 12.7 Å². The molecule has 106 valence electrons. The summed E-state index contributed by atoms with van der Waals surface area (Å²) in [5.74, 6) is 0.984. The van der Waals surface area contributed by atoms with E-state index < -0.39 is 0 Å². The standard InChI is InChI=1S/C15H24N2O2/c1-13-12-17(7-9-18-13)8-10-19-15-6-4-3-5-14(15)11-16-2/h3-6,13,16H,7-12H2,1-2H3. The number of para-hydroxylation sites is 1. The molecule has 0 amide bonds. The van der Waals surface area contributed by atoms with Crippen LogP contribution in [0.25, 0.3) is 0 Å². The summed E-state index contributed by atoms with van der Waals surface area (Å²) in [6.45, 7) is 7.49. The van der Waals surface area contributed by atoms with E-state index in [-0.39, 0.29) is 0 Å². The lowest BCUT2D eigenvalue weighted by Crippen LogP contribution is -2.42. The Morgan fingerprint density at radius 1 is 1.42 bits per heavy atom. The topological polar surface area (TPSA) is 33.7 Å². The van der Waals surface area contributed by atoms with Crippen LogP contribution in [0.5, 0.6) is 5.75 Å². The van der Waals surface area contributed by atoms with E-state index in [1.165, 1.54) is 5.56 Å². The molecule has 0 spiro atoms. The third-order valence-electron chi connectivity index (χ3n) is 3.33. The first-order valence-electron chi connectivity index (χ1n) is 6.99. The molecule has 1 aromatic carbocycles. The van der Waals surface area contributed by atoms with Gasteiger partial charge in [0, 0.05) is 31.7 Å². The van der Waals surface area contributed by atoms with Crippen LogP contribution in [0.1, 0.15) is 12.5 Å². The van der Waals surface area contributed by atoms with E-state index in [1.807, 2.05) is 25.2 Å². The summed E-state index contributed by atoms with van der Waals surface area (Å²) < 4.78 is 11.4. The Morgan fingerprint density at radius 2 is 2.26 bits per heavy atom. The molecule has 1 heterocycles. The molecule has 0 saturated carbocycles. The van der Waals surface area contributed by atoms with Gasteiger partial charge in [-0.15, -0.1) is 0 Å². The summed E-state index contributed by atoms with van der Waals surface area (Å²) in [4.78, 5) is 2.40. The van der Waals surface area contributed by atoms with Crippen LogP contribution in [-0.4, -0.2) is 50.9 Å². The summed E-state index contributed by atoms with van der Waals surface area (Å²) in [5, 5.41) is 3.16. The minimum absolute atomic E-state index is 0.338. The van der Waals surface area contributed by atoms with E-state index in [0.717, 1.165) is 45.1 Å². The lowest BCUT2D eigenvalue weighted by Gasteiger charge is -2.30. The van der Waals surface area contributed by atoms with Gasteiger partial charge in [-0.05, 0) is 20.0 Å². The molecular formula is C15H24N2O2. The average molecular weight is 264 g/mol. The molecule has 2 rings (SSSR count). The number of ether oxygens (including phenoxy) is 2. The summed E-state index contributed by atoms with van der Waals surface area (Å²) in [6, 6.07) is 8.20. The van der Waals surface area contributed by atoms with Crippen LogP contribution in [0.15, 0.2) is 24.3 Å². The van der Waals surface area contributed by atoms with Crippen LogP contribution >= 0.6 is 0 Å². The maximum atomic E-state index is 5.91. The molecule has 1 atom stereocenters. The van der Waals surface area contributed by atoms with Crippen molar-refractivity contribution in [1.82, 2.24) is 10.2 Å². The van der Waals surface area contributed by atoms with Gasteiger partial charge in [-0.1, -0.05) is 18.2 Å². The average Bonchev–Trinajstić information content (AvgIpc) is 2.41. The highest BCUT2D eigenvalue weighted by atomic mass is 16.5. The third kappa shape index (κ3) is 4.49. The molecule has 4 heteroatoms. The summed E-state index contributed by atoms with van der Waals surface area (Å²) >= 11 is 0. The predicted octanol–water partition coefficient (Wildman–Crippen LogP) is 1.51. The minimum Gasteiger partial charge on any atom is -0.492 e. The van der Waals surface area contributed by atoms with Crippen molar-refractivity contribution in [1.29, 1.82) is 0 Å². The number of hydrogen-bond donors (Lipinski definition) is 1. The van der Waals surface area contributed by atoms with Crippen molar-refractivity contribution in [3.8, 4) is 5.75 Å². The zero-order valence-corrected chi connectivity index (χ0v) is 11.9. The fourth-order valence-corrected chi connectivity index (χ4v) is 2.36. The van der Waals surface area contributed by atoms with Gasteiger partial charge >= 0.3 is 0 Å². The number of nitrogens with zero attached hydrogens (tertiary/aromatic N) is 1. The molecule has 4 nitrogen and oxygen atoms in total. The fraction of sp³-hybridized carbons (Fsp3) is 0.600. The Morgan fingerprint density at radius 3 is 3.05 bits per heavy atom. The summed E-state index contributed by atoms with van der Waals surface area (Å²) in [6.07, 6.45) is 0.338. The van der Waals surface area contributed by atoms with Crippen LogP contribution in [0, 0.1) is 0 Å². The van der Waals surface area contributed by atoms with Crippen molar-refractivity contribution in [3.63, 3.8) is 0 Å². The van der Waals surface area contributed by atoms with Crippen molar-refractivity contribution < 1.29 is 9.47 Å². The Balaban J connectivity index is 1.78. The van der Waals surface area contributed by atoms with Crippen molar-refractivity contribution in [2.45, 2.75) is 19.6 Å². The van der Waals surface area contributed by atoms with Crippen LogP contribution in [-0.2, 0) is 11.3 Å². The Kier molecular flexibility index (Phi) is 5.63. The molecule has 0 bridgehead atoms. The Hall–Kier alpha value is -1.10. The zero-order valence-electron chi connectivity index (χ0n) is 11.9.